The van der Waals surface area contributed by atoms with Crippen molar-refractivity contribution < 1.29 is 19.1 Å². The maximum Gasteiger partial charge on any atom is 0.408 e. The summed E-state index contributed by atoms with van der Waals surface area (Å²) >= 11 is 0. The van der Waals surface area contributed by atoms with E-state index in [9.17, 15) is 14.4 Å². The number of benzene rings is 2. The molecule has 0 spiro atoms. The number of unbranched alkanes of at least 4 members (excludes halogenated alkanes) is 4. The highest BCUT2D eigenvalue weighted by Gasteiger charge is 2.37. The minimum atomic E-state index is -0.874. The summed E-state index contributed by atoms with van der Waals surface area (Å²) in [6.07, 6.45) is 4.35. The number of para-hydroxylation sites is 1. The highest BCUT2D eigenvalue weighted by molar-refractivity contribution is 5.99. The molecule has 2 atom stereocenters. The van der Waals surface area contributed by atoms with Gasteiger partial charge in [-0.25, -0.2) is 4.79 Å². The van der Waals surface area contributed by atoms with Crippen molar-refractivity contribution in [2.24, 2.45) is 5.92 Å². The Labute approximate surface area is 241 Å². The molecule has 0 aliphatic rings. The van der Waals surface area contributed by atoms with Crippen LogP contribution in [0, 0.1) is 19.8 Å². The topological polar surface area (TPSA) is 87.7 Å². The highest BCUT2D eigenvalue weighted by Crippen LogP contribution is 2.27. The Kier molecular flexibility index (Phi) is 12.7. The van der Waals surface area contributed by atoms with Gasteiger partial charge in [0.15, 0.2) is 0 Å². The van der Waals surface area contributed by atoms with E-state index in [1.165, 1.54) is 0 Å². The van der Waals surface area contributed by atoms with Crippen LogP contribution in [0.1, 0.15) is 96.4 Å². The zero-order valence-electron chi connectivity index (χ0n) is 25.7. The fraction of sp³-hybridized carbons (Fsp3) is 0.545. The molecule has 2 N–H and O–H groups in total. The van der Waals surface area contributed by atoms with Crippen LogP contribution in [0.2, 0.25) is 0 Å². The van der Waals surface area contributed by atoms with Crippen LogP contribution in [0.25, 0.3) is 0 Å². The SMILES string of the molecule is CCCCCCCN(C(=O)C(NC(=O)OC(C)(C)C)C(C)C)C(C(=O)Nc1ccccc1C)c1ccc(C)cc1. The second-order valence-electron chi connectivity index (χ2n) is 11.9. The molecule has 2 aromatic carbocycles. The van der Waals surface area contributed by atoms with Crippen LogP contribution in [-0.2, 0) is 14.3 Å². The smallest absolute Gasteiger partial charge is 0.408 e. The molecule has 0 saturated heterocycles. The van der Waals surface area contributed by atoms with E-state index < -0.39 is 23.8 Å². The van der Waals surface area contributed by atoms with Gasteiger partial charge in [0.2, 0.25) is 5.91 Å². The van der Waals surface area contributed by atoms with Crippen LogP contribution < -0.4 is 10.6 Å². The summed E-state index contributed by atoms with van der Waals surface area (Å²) in [6, 6.07) is 13.6. The summed E-state index contributed by atoms with van der Waals surface area (Å²) in [7, 11) is 0. The molecule has 2 aromatic rings. The molecule has 0 aliphatic heterocycles. The summed E-state index contributed by atoms with van der Waals surface area (Å²) in [5.74, 6) is -0.817. The van der Waals surface area contributed by atoms with E-state index in [4.69, 9.17) is 4.74 Å². The summed E-state index contributed by atoms with van der Waals surface area (Å²) < 4.78 is 5.47. The number of hydrogen-bond donors (Lipinski definition) is 2. The van der Waals surface area contributed by atoms with E-state index in [-0.39, 0.29) is 17.7 Å². The maximum absolute atomic E-state index is 14.3. The molecule has 0 saturated carbocycles. The fourth-order valence-corrected chi connectivity index (χ4v) is 4.51. The van der Waals surface area contributed by atoms with Crippen molar-refractivity contribution in [3.05, 3.63) is 65.2 Å². The van der Waals surface area contributed by atoms with Crippen LogP contribution >= 0.6 is 0 Å². The van der Waals surface area contributed by atoms with Gasteiger partial charge < -0.3 is 20.3 Å². The molecule has 2 unspecified atom stereocenters. The number of carbonyl (C=O) groups is 3. The van der Waals surface area contributed by atoms with Gasteiger partial charge in [-0.3, -0.25) is 9.59 Å². The summed E-state index contributed by atoms with van der Waals surface area (Å²) in [5, 5.41) is 5.86. The lowest BCUT2D eigenvalue weighted by molar-refractivity contribution is -0.141. The number of hydrogen-bond acceptors (Lipinski definition) is 4. The van der Waals surface area contributed by atoms with Crippen LogP contribution in [0.5, 0.6) is 0 Å². The van der Waals surface area contributed by atoms with Gasteiger partial charge >= 0.3 is 6.09 Å². The van der Waals surface area contributed by atoms with Gasteiger partial charge in [0.05, 0.1) is 0 Å². The molecular formula is C33H49N3O4. The number of ether oxygens (including phenoxy) is 1. The molecule has 0 bridgehead atoms. The lowest BCUT2D eigenvalue weighted by Crippen LogP contribution is -2.54. The minimum absolute atomic E-state index is 0.222. The molecule has 7 nitrogen and oxygen atoms in total. The Morgan fingerprint density at radius 1 is 0.900 bits per heavy atom. The normalized spacial score (nSPS) is 12.9. The first-order valence-electron chi connectivity index (χ1n) is 14.6. The van der Waals surface area contributed by atoms with Crippen molar-refractivity contribution >= 4 is 23.6 Å². The summed E-state index contributed by atoms with van der Waals surface area (Å²) in [4.78, 5) is 42.7. The van der Waals surface area contributed by atoms with Crippen LogP contribution in [-0.4, -0.2) is 41.0 Å². The summed E-state index contributed by atoms with van der Waals surface area (Å²) in [5.41, 5.74) is 2.71. The van der Waals surface area contributed by atoms with Gasteiger partial charge in [0.25, 0.3) is 5.91 Å². The van der Waals surface area contributed by atoms with Crippen molar-refractivity contribution in [1.29, 1.82) is 0 Å². The lowest BCUT2D eigenvalue weighted by Gasteiger charge is -2.36. The van der Waals surface area contributed by atoms with Crippen molar-refractivity contribution in [3.8, 4) is 0 Å². The second-order valence-corrected chi connectivity index (χ2v) is 11.9. The Hall–Kier alpha value is -3.35. The van der Waals surface area contributed by atoms with Gasteiger partial charge in [-0.15, -0.1) is 0 Å². The molecule has 0 heterocycles. The summed E-state index contributed by atoms with van der Waals surface area (Å²) in [6.45, 7) is 15.6. The maximum atomic E-state index is 14.3. The van der Waals surface area contributed by atoms with E-state index in [1.54, 1.807) is 25.7 Å². The molecule has 2 rings (SSSR count). The minimum Gasteiger partial charge on any atom is -0.444 e. The van der Waals surface area contributed by atoms with Crippen molar-refractivity contribution in [2.75, 3.05) is 11.9 Å². The number of aryl methyl sites for hydroxylation is 2. The van der Waals surface area contributed by atoms with Crippen LogP contribution in [0.4, 0.5) is 10.5 Å². The molecular weight excluding hydrogens is 502 g/mol. The highest BCUT2D eigenvalue weighted by atomic mass is 16.6. The van der Waals surface area contributed by atoms with E-state index in [2.05, 4.69) is 17.6 Å². The third kappa shape index (κ3) is 10.3. The molecule has 7 heteroatoms. The molecule has 0 fully saturated rings. The van der Waals surface area contributed by atoms with E-state index in [0.717, 1.165) is 48.8 Å². The third-order valence-corrected chi connectivity index (χ3v) is 6.75. The quantitative estimate of drug-likeness (QED) is 0.255. The molecule has 0 aromatic heterocycles. The Morgan fingerprint density at radius 2 is 1.52 bits per heavy atom. The monoisotopic (exact) mass is 551 g/mol. The van der Waals surface area contributed by atoms with Crippen LogP contribution in [0.3, 0.4) is 0 Å². The van der Waals surface area contributed by atoms with Gasteiger partial charge in [0.1, 0.15) is 17.7 Å². The third-order valence-electron chi connectivity index (χ3n) is 6.75. The Bertz CT molecular complexity index is 1110. The molecule has 0 aliphatic carbocycles. The number of anilines is 1. The number of nitrogens with one attached hydrogen (secondary N) is 2. The van der Waals surface area contributed by atoms with Crippen LogP contribution in [0.15, 0.2) is 48.5 Å². The average molecular weight is 552 g/mol. The number of nitrogens with zero attached hydrogens (tertiary/aromatic N) is 1. The largest absolute Gasteiger partial charge is 0.444 e. The van der Waals surface area contributed by atoms with Crippen molar-refractivity contribution in [2.45, 2.75) is 105 Å². The number of rotatable bonds is 13. The predicted molar refractivity (Wildman–Crippen MR) is 162 cm³/mol. The molecule has 40 heavy (non-hydrogen) atoms. The second kappa shape index (κ2) is 15.4. The first-order chi connectivity index (χ1) is 18.8. The first kappa shape index (κ1) is 32.9. The van der Waals surface area contributed by atoms with E-state index in [0.29, 0.717) is 12.2 Å². The van der Waals surface area contributed by atoms with E-state index in [1.807, 2.05) is 76.2 Å². The van der Waals surface area contributed by atoms with E-state index >= 15 is 0 Å². The molecule has 3 amide bonds. The standard InChI is InChI=1S/C33H49N3O4/c1-9-10-11-12-15-22-36(31(38)28(23(2)3)35-32(39)40-33(6,7)8)29(26-20-18-24(4)19-21-26)30(37)34-27-17-14-13-16-25(27)5/h13-14,16-21,23,28-29H,9-12,15,22H2,1-8H3,(H,34,37)(H,35,39). The Morgan fingerprint density at radius 3 is 2.10 bits per heavy atom. The average Bonchev–Trinajstić information content (AvgIpc) is 2.87. The molecule has 0 radical (unpaired) electrons. The predicted octanol–water partition coefficient (Wildman–Crippen LogP) is 7.33. The zero-order chi connectivity index (χ0) is 29.9. The van der Waals surface area contributed by atoms with Crippen molar-refractivity contribution in [3.63, 3.8) is 0 Å². The molecule has 220 valence electrons. The van der Waals surface area contributed by atoms with Crippen molar-refractivity contribution in [1.82, 2.24) is 10.2 Å². The van der Waals surface area contributed by atoms with Gasteiger partial charge in [0, 0.05) is 12.2 Å². The van der Waals surface area contributed by atoms with Gasteiger partial charge in [-0.1, -0.05) is 94.5 Å². The number of carbonyl (C=O) groups excluding carboxylic acids is 3. The fourth-order valence-electron chi connectivity index (χ4n) is 4.51. The Balaban J connectivity index is 2.51. The van der Waals surface area contributed by atoms with Gasteiger partial charge in [-0.2, -0.15) is 0 Å². The van der Waals surface area contributed by atoms with Gasteiger partial charge in [-0.05, 0) is 64.2 Å². The lowest BCUT2D eigenvalue weighted by atomic mass is 9.97. The number of amides is 3. The first-order valence-corrected chi connectivity index (χ1v) is 14.6. The number of alkyl carbamates (subject to hydrolysis) is 1. The zero-order valence-corrected chi connectivity index (χ0v) is 25.7.